The summed E-state index contributed by atoms with van der Waals surface area (Å²) in [6, 6.07) is 4.98. The quantitative estimate of drug-likeness (QED) is 0.686. The maximum atomic E-state index is 12.1. The molecular weight excluding hydrogens is 314 g/mol. The van der Waals surface area contributed by atoms with Crippen molar-refractivity contribution in [1.29, 1.82) is 0 Å². The first-order valence-electron chi connectivity index (χ1n) is 6.49. The van der Waals surface area contributed by atoms with E-state index in [1.54, 1.807) is 7.05 Å². The van der Waals surface area contributed by atoms with Gasteiger partial charge in [-0.15, -0.1) is 0 Å². The van der Waals surface area contributed by atoms with Crippen LogP contribution in [0.4, 0.5) is 0 Å². The van der Waals surface area contributed by atoms with Crippen molar-refractivity contribution in [3.05, 3.63) is 29.3 Å². The van der Waals surface area contributed by atoms with Gasteiger partial charge in [0.1, 0.15) is 0 Å². The van der Waals surface area contributed by atoms with E-state index in [1.165, 1.54) is 31.2 Å². The number of rotatable bonds is 7. The van der Waals surface area contributed by atoms with Crippen molar-refractivity contribution in [2.75, 3.05) is 13.6 Å². The van der Waals surface area contributed by atoms with Gasteiger partial charge in [0.2, 0.25) is 15.9 Å². The normalized spacial score (nSPS) is 14.5. The predicted molar refractivity (Wildman–Crippen MR) is 82.8 cm³/mol. The monoisotopic (exact) mass is 333 g/mol. The molecule has 0 fully saturated rings. The van der Waals surface area contributed by atoms with Crippen LogP contribution in [0, 0.1) is 0 Å². The highest BCUT2D eigenvalue weighted by Crippen LogP contribution is 2.14. The molecule has 0 aliphatic carbocycles. The molecule has 1 rings (SSSR count). The van der Waals surface area contributed by atoms with E-state index >= 15 is 0 Å². The molecule has 0 bridgehead atoms. The fourth-order valence-electron chi connectivity index (χ4n) is 1.48. The standard InChI is InChI=1S/C13H20ClN3O3S/c1-9(15-3)8-16-13(18)10(2)17-21(19,20)12-6-4-11(14)5-7-12/h4-7,9-10,15,17H,8H2,1-3H3,(H,16,18). The molecule has 0 aliphatic heterocycles. The molecule has 2 atom stereocenters. The van der Waals surface area contributed by atoms with Crippen LogP contribution in [-0.4, -0.2) is 40.0 Å². The van der Waals surface area contributed by atoms with Gasteiger partial charge >= 0.3 is 0 Å². The molecule has 0 saturated heterocycles. The third-order valence-electron chi connectivity index (χ3n) is 2.92. The summed E-state index contributed by atoms with van der Waals surface area (Å²) in [5.74, 6) is -0.380. The third-order valence-corrected chi connectivity index (χ3v) is 4.73. The average molecular weight is 334 g/mol. The average Bonchev–Trinajstić information content (AvgIpc) is 2.44. The number of hydrogen-bond acceptors (Lipinski definition) is 4. The van der Waals surface area contributed by atoms with E-state index in [4.69, 9.17) is 11.6 Å². The third kappa shape index (κ3) is 5.62. The van der Waals surface area contributed by atoms with E-state index in [1.807, 2.05) is 6.92 Å². The maximum Gasteiger partial charge on any atom is 0.241 e. The molecule has 2 unspecified atom stereocenters. The van der Waals surface area contributed by atoms with Crippen LogP contribution < -0.4 is 15.4 Å². The van der Waals surface area contributed by atoms with Crippen molar-refractivity contribution in [3.8, 4) is 0 Å². The lowest BCUT2D eigenvalue weighted by molar-refractivity contribution is -0.122. The van der Waals surface area contributed by atoms with Gasteiger partial charge in [0.25, 0.3) is 0 Å². The summed E-state index contributed by atoms with van der Waals surface area (Å²) in [7, 11) is -1.97. The smallest absolute Gasteiger partial charge is 0.241 e. The van der Waals surface area contributed by atoms with Crippen LogP contribution in [-0.2, 0) is 14.8 Å². The lowest BCUT2D eigenvalue weighted by Gasteiger charge is -2.16. The predicted octanol–water partition coefficient (Wildman–Crippen LogP) is 0.731. The van der Waals surface area contributed by atoms with Crippen molar-refractivity contribution >= 4 is 27.5 Å². The van der Waals surface area contributed by atoms with Gasteiger partial charge in [-0.1, -0.05) is 11.6 Å². The van der Waals surface area contributed by atoms with Gasteiger partial charge in [-0.3, -0.25) is 4.79 Å². The second-order valence-corrected chi connectivity index (χ2v) is 6.88. The summed E-state index contributed by atoms with van der Waals surface area (Å²) in [6.45, 7) is 3.82. The molecule has 118 valence electrons. The molecule has 0 spiro atoms. The molecule has 1 aromatic rings. The summed E-state index contributed by atoms with van der Waals surface area (Å²) in [4.78, 5) is 11.9. The molecular formula is C13H20ClN3O3S. The molecule has 8 heteroatoms. The largest absolute Gasteiger partial charge is 0.353 e. The molecule has 0 aromatic heterocycles. The second kappa shape index (κ2) is 7.74. The molecule has 1 aromatic carbocycles. The first-order valence-corrected chi connectivity index (χ1v) is 8.35. The maximum absolute atomic E-state index is 12.1. The van der Waals surface area contributed by atoms with Crippen molar-refractivity contribution in [2.45, 2.75) is 30.8 Å². The Balaban J connectivity index is 2.66. The molecule has 3 N–H and O–H groups in total. The number of amides is 1. The Labute approximate surface area is 130 Å². The van der Waals surface area contributed by atoms with Crippen molar-refractivity contribution in [1.82, 2.24) is 15.4 Å². The van der Waals surface area contributed by atoms with E-state index in [0.29, 0.717) is 11.6 Å². The van der Waals surface area contributed by atoms with Crippen LogP contribution in [0.1, 0.15) is 13.8 Å². The highest BCUT2D eigenvalue weighted by molar-refractivity contribution is 7.89. The van der Waals surface area contributed by atoms with Crippen LogP contribution >= 0.6 is 11.6 Å². The fraction of sp³-hybridized carbons (Fsp3) is 0.462. The molecule has 6 nitrogen and oxygen atoms in total. The minimum absolute atomic E-state index is 0.0649. The Kier molecular flexibility index (Phi) is 6.60. The number of hydrogen-bond donors (Lipinski definition) is 3. The van der Waals surface area contributed by atoms with Gasteiger partial charge in [0.15, 0.2) is 0 Å². The summed E-state index contributed by atoms with van der Waals surface area (Å²) >= 11 is 5.72. The first-order chi connectivity index (χ1) is 9.76. The van der Waals surface area contributed by atoms with Crippen LogP contribution in [0.3, 0.4) is 0 Å². The van der Waals surface area contributed by atoms with E-state index in [-0.39, 0.29) is 16.8 Å². The van der Waals surface area contributed by atoms with Crippen molar-refractivity contribution in [3.63, 3.8) is 0 Å². The Morgan fingerprint density at radius 1 is 1.24 bits per heavy atom. The van der Waals surface area contributed by atoms with Crippen molar-refractivity contribution in [2.24, 2.45) is 0 Å². The summed E-state index contributed by atoms with van der Waals surface area (Å²) < 4.78 is 26.5. The van der Waals surface area contributed by atoms with Gasteiger partial charge < -0.3 is 10.6 Å². The zero-order chi connectivity index (χ0) is 16.0. The Hall–Kier alpha value is -1.15. The second-order valence-electron chi connectivity index (χ2n) is 4.73. The lowest BCUT2D eigenvalue weighted by atomic mass is 10.3. The highest BCUT2D eigenvalue weighted by atomic mass is 35.5. The molecule has 0 saturated carbocycles. The number of carbonyl (C=O) groups is 1. The van der Waals surface area contributed by atoms with Crippen LogP contribution in [0.2, 0.25) is 5.02 Å². The van der Waals surface area contributed by atoms with Gasteiger partial charge in [-0.2, -0.15) is 4.72 Å². The minimum Gasteiger partial charge on any atom is -0.353 e. The molecule has 0 aliphatic rings. The number of benzene rings is 1. The van der Waals surface area contributed by atoms with Gasteiger partial charge in [-0.05, 0) is 45.2 Å². The minimum atomic E-state index is -3.75. The number of nitrogens with one attached hydrogen (secondary N) is 3. The lowest BCUT2D eigenvalue weighted by Crippen LogP contribution is -2.47. The van der Waals surface area contributed by atoms with Crippen LogP contribution in [0.5, 0.6) is 0 Å². The molecule has 0 radical (unpaired) electrons. The summed E-state index contributed by atoms with van der Waals surface area (Å²) in [5.41, 5.74) is 0. The Bertz CT molecular complexity index is 575. The zero-order valence-corrected chi connectivity index (χ0v) is 13.8. The van der Waals surface area contributed by atoms with E-state index in [0.717, 1.165) is 0 Å². The molecule has 0 heterocycles. The van der Waals surface area contributed by atoms with Gasteiger partial charge in [0, 0.05) is 17.6 Å². The van der Waals surface area contributed by atoms with Crippen molar-refractivity contribution < 1.29 is 13.2 Å². The fourth-order valence-corrected chi connectivity index (χ4v) is 2.81. The van der Waals surface area contributed by atoms with E-state index < -0.39 is 16.1 Å². The molecule has 21 heavy (non-hydrogen) atoms. The zero-order valence-electron chi connectivity index (χ0n) is 12.2. The van der Waals surface area contributed by atoms with E-state index in [2.05, 4.69) is 15.4 Å². The summed E-state index contributed by atoms with van der Waals surface area (Å²) in [5, 5.41) is 6.08. The first kappa shape index (κ1) is 17.9. The summed E-state index contributed by atoms with van der Waals surface area (Å²) in [6.07, 6.45) is 0. The molecule has 1 amide bonds. The Morgan fingerprint density at radius 3 is 2.33 bits per heavy atom. The van der Waals surface area contributed by atoms with Crippen LogP contribution in [0.15, 0.2) is 29.2 Å². The van der Waals surface area contributed by atoms with E-state index in [9.17, 15) is 13.2 Å². The number of carbonyl (C=O) groups excluding carboxylic acids is 1. The highest BCUT2D eigenvalue weighted by Gasteiger charge is 2.21. The van der Waals surface area contributed by atoms with Crippen LogP contribution in [0.25, 0.3) is 0 Å². The number of likely N-dealkylation sites (N-methyl/N-ethyl adjacent to an activating group) is 1. The topological polar surface area (TPSA) is 87.3 Å². The van der Waals surface area contributed by atoms with Gasteiger partial charge in [-0.25, -0.2) is 8.42 Å². The van der Waals surface area contributed by atoms with Gasteiger partial charge in [0.05, 0.1) is 10.9 Å². The Morgan fingerprint density at radius 2 is 1.81 bits per heavy atom. The SMILES string of the molecule is CNC(C)CNC(=O)C(C)NS(=O)(=O)c1ccc(Cl)cc1. The number of sulfonamides is 1. The number of halogens is 1.